The molecule has 4 nitrogen and oxygen atoms in total. The molecule has 0 spiro atoms. The molecule has 0 aromatic carbocycles. The average molecular weight is 229 g/mol. The molecule has 1 aromatic rings. The zero-order valence-corrected chi connectivity index (χ0v) is 10.4. The van der Waals surface area contributed by atoms with E-state index in [1.54, 1.807) is 18.9 Å². The zero-order valence-electron chi connectivity index (χ0n) is 9.62. The van der Waals surface area contributed by atoms with Crippen LogP contribution in [0.4, 0.5) is 0 Å². The third-order valence-corrected chi connectivity index (χ3v) is 3.50. The number of ether oxygens (including phenoxy) is 1. The first-order valence-electron chi connectivity index (χ1n) is 5.05. The van der Waals surface area contributed by atoms with Crippen molar-refractivity contribution in [3.05, 3.63) is 11.3 Å². The van der Waals surface area contributed by atoms with Crippen LogP contribution in [0.2, 0.25) is 0 Å². The molecule has 0 aliphatic carbocycles. The molecule has 0 saturated carbocycles. The van der Waals surface area contributed by atoms with E-state index in [1.807, 2.05) is 18.7 Å². The van der Waals surface area contributed by atoms with Crippen molar-refractivity contribution >= 4 is 11.8 Å². The van der Waals surface area contributed by atoms with Gasteiger partial charge >= 0.3 is 0 Å². The van der Waals surface area contributed by atoms with E-state index in [1.165, 1.54) is 10.6 Å². The van der Waals surface area contributed by atoms with Gasteiger partial charge in [0.1, 0.15) is 0 Å². The predicted octanol–water partition coefficient (Wildman–Crippen LogP) is 1.32. The van der Waals surface area contributed by atoms with Crippen LogP contribution in [0.15, 0.2) is 5.03 Å². The van der Waals surface area contributed by atoms with E-state index >= 15 is 0 Å². The highest BCUT2D eigenvalue weighted by Gasteiger charge is 2.11. The molecule has 0 unspecified atom stereocenters. The van der Waals surface area contributed by atoms with Crippen molar-refractivity contribution in [3.8, 4) is 0 Å². The normalized spacial score (nSPS) is 10.9. The van der Waals surface area contributed by atoms with Gasteiger partial charge in [-0.25, -0.2) is 0 Å². The van der Waals surface area contributed by atoms with Crippen molar-refractivity contribution in [2.75, 3.05) is 19.5 Å². The topological polar surface area (TPSA) is 53.1 Å². The summed E-state index contributed by atoms with van der Waals surface area (Å²) in [5.41, 5.74) is 7.91. The van der Waals surface area contributed by atoms with Gasteiger partial charge in [-0.1, -0.05) is 0 Å². The molecule has 1 heterocycles. The van der Waals surface area contributed by atoms with Gasteiger partial charge in [0, 0.05) is 38.6 Å². The Morgan fingerprint density at radius 2 is 2.27 bits per heavy atom. The summed E-state index contributed by atoms with van der Waals surface area (Å²) in [5, 5.41) is 5.55. The Labute approximate surface area is 95.2 Å². The fraction of sp³-hybridized carbons (Fsp3) is 0.700. The SMILES string of the molecule is COCCCSc1c(CN)c(C)nn1C. The maximum Gasteiger partial charge on any atom is 0.0984 e. The number of methoxy groups -OCH3 is 1. The van der Waals surface area contributed by atoms with E-state index in [0.717, 1.165) is 24.5 Å². The van der Waals surface area contributed by atoms with Crippen LogP contribution >= 0.6 is 11.8 Å². The Kier molecular flexibility index (Phi) is 5.14. The lowest BCUT2D eigenvalue weighted by Crippen LogP contribution is -2.01. The summed E-state index contributed by atoms with van der Waals surface area (Å²) in [6.07, 6.45) is 1.05. The second-order valence-corrected chi connectivity index (χ2v) is 4.48. The van der Waals surface area contributed by atoms with E-state index in [-0.39, 0.29) is 0 Å². The molecule has 86 valence electrons. The van der Waals surface area contributed by atoms with Gasteiger partial charge in [-0.3, -0.25) is 4.68 Å². The lowest BCUT2D eigenvalue weighted by molar-refractivity contribution is 0.200. The molecular weight excluding hydrogens is 210 g/mol. The first kappa shape index (κ1) is 12.5. The highest BCUT2D eigenvalue weighted by molar-refractivity contribution is 7.99. The first-order chi connectivity index (χ1) is 7.20. The van der Waals surface area contributed by atoms with Gasteiger partial charge < -0.3 is 10.5 Å². The highest BCUT2D eigenvalue weighted by Crippen LogP contribution is 2.24. The molecule has 0 amide bonds. The van der Waals surface area contributed by atoms with Crippen molar-refractivity contribution in [1.29, 1.82) is 0 Å². The molecule has 5 heteroatoms. The molecular formula is C10H19N3OS. The van der Waals surface area contributed by atoms with Crippen LogP contribution in [-0.4, -0.2) is 29.3 Å². The highest BCUT2D eigenvalue weighted by atomic mass is 32.2. The number of hydrogen-bond acceptors (Lipinski definition) is 4. The third kappa shape index (κ3) is 3.22. The lowest BCUT2D eigenvalue weighted by atomic mass is 10.3. The van der Waals surface area contributed by atoms with Crippen LogP contribution in [0.3, 0.4) is 0 Å². The van der Waals surface area contributed by atoms with Gasteiger partial charge in [0.05, 0.1) is 10.7 Å². The number of hydrogen-bond donors (Lipinski definition) is 1. The summed E-state index contributed by atoms with van der Waals surface area (Å²) < 4.78 is 6.92. The summed E-state index contributed by atoms with van der Waals surface area (Å²) in [6.45, 7) is 3.37. The van der Waals surface area contributed by atoms with Crippen LogP contribution in [0.5, 0.6) is 0 Å². The number of nitrogens with two attached hydrogens (primary N) is 1. The van der Waals surface area contributed by atoms with E-state index in [2.05, 4.69) is 5.10 Å². The molecule has 15 heavy (non-hydrogen) atoms. The van der Waals surface area contributed by atoms with Crippen LogP contribution in [0, 0.1) is 6.92 Å². The minimum atomic E-state index is 0.562. The molecule has 2 N–H and O–H groups in total. The summed E-state index contributed by atoms with van der Waals surface area (Å²) >= 11 is 1.80. The number of thioether (sulfide) groups is 1. The summed E-state index contributed by atoms with van der Waals surface area (Å²) in [7, 11) is 3.69. The van der Waals surface area contributed by atoms with Crippen molar-refractivity contribution < 1.29 is 4.74 Å². The number of nitrogens with zero attached hydrogens (tertiary/aromatic N) is 2. The van der Waals surface area contributed by atoms with Gasteiger partial charge in [0.25, 0.3) is 0 Å². The van der Waals surface area contributed by atoms with Crippen LogP contribution in [-0.2, 0) is 18.3 Å². The molecule has 0 radical (unpaired) electrons. The first-order valence-corrected chi connectivity index (χ1v) is 6.03. The number of aryl methyl sites for hydroxylation is 2. The van der Waals surface area contributed by atoms with E-state index in [4.69, 9.17) is 10.5 Å². The van der Waals surface area contributed by atoms with E-state index in [9.17, 15) is 0 Å². The molecule has 1 rings (SSSR count). The monoisotopic (exact) mass is 229 g/mol. The summed E-state index contributed by atoms with van der Waals surface area (Å²) in [6, 6.07) is 0. The van der Waals surface area contributed by atoms with Crippen molar-refractivity contribution in [1.82, 2.24) is 9.78 Å². The Morgan fingerprint density at radius 1 is 1.53 bits per heavy atom. The standard InChI is InChI=1S/C10H19N3OS/c1-8-9(7-11)10(13(2)12-8)15-6-4-5-14-3/h4-7,11H2,1-3H3. The molecule has 1 aromatic heterocycles. The van der Waals surface area contributed by atoms with Crippen molar-refractivity contribution in [2.45, 2.75) is 24.9 Å². The Bertz CT molecular complexity index is 312. The Hall–Kier alpha value is -0.520. The smallest absolute Gasteiger partial charge is 0.0984 e. The zero-order chi connectivity index (χ0) is 11.3. The largest absolute Gasteiger partial charge is 0.385 e. The maximum atomic E-state index is 5.70. The summed E-state index contributed by atoms with van der Waals surface area (Å²) in [4.78, 5) is 0. The van der Waals surface area contributed by atoms with Gasteiger partial charge in [0.15, 0.2) is 0 Å². The second-order valence-electron chi connectivity index (χ2n) is 3.39. The minimum absolute atomic E-state index is 0.562. The average Bonchev–Trinajstić information content (AvgIpc) is 2.48. The van der Waals surface area contributed by atoms with Crippen molar-refractivity contribution in [3.63, 3.8) is 0 Å². The maximum absolute atomic E-state index is 5.70. The molecule has 0 saturated heterocycles. The van der Waals surface area contributed by atoms with E-state index in [0.29, 0.717) is 6.54 Å². The van der Waals surface area contributed by atoms with Crippen LogP contribution < -0.4 is 5.73 Å². The van der Waals surface area contributed by atoms with E-state index < -0.39 is 0 Å². The molecule has 0 aliphatic heterocycles. The fourth-order valence-corrected chi connectivity index (χ4v) is 2.56. The molecule has 0 fully saturated rings. The Balaban J connectivity index is 2.59. The van der Waals surface area contributed by atoms with Crippen molar-refractivity contribution in [2.24, 2.45) is 12.8 Å². The number of aromatic nitrogens is 2. The van der Waals surface area contributed by atoms with Gasteiger partial charge in [-0.05, 0) is 13.3 Å². The summed E-state index contributed by atoms with van der Waals surface area (Å²) in [5.74, 6) is 1.04. The molecule has 0 bridgehead atoms. The predicted molar refractivity (Wildman–Crippen MR) is 63.1 cm³/mol. The van der Waals surface area contributed by atoms with Gasteiger partial charge in [-0.15, -0.1) is 11.8 Å². The van der Waals surface area contributed by atoms with Gasteiger partial charge in [-0.2, -0.15) is 5.10 Å². The van der Waals surface area contributed by atoms with Crippen LogP contribution in [0.1, 0.15) is 17.7 Å². The third-order valence-electron chi connectivity index (χ3n) is 2.22. The van der Waals surface area contributed by atoms with Crippen LogP contribution in [0.25, 0.3) is 0 Å². The Morgan fingerprint density at radius 3 is 2.87 bits per heavy atom. The second kappa shape index (κ2) is 6.15. The fourth-order valence-electron chi connectivity index (χ4n) is 1.47. The van der Waals surface area contributed by atoms with Gasteiger partial charge in [0.2, 0.25) is 0 Å². The molecule has 0 atom stereocenters. The lowest BCUT2D eigenvalue weighted by Gasteiger charge is -2.04. The number of rotatable bonds is 6. The minimum Gasteiger partial charge on any atom is -0.385 e. The molecule has 0 aliphatic rings. The quantitative estimate of drug-likeness (QED) is 0.590.